The molecule has 1 rings (SSSR count). The molecule has 0 aliphatic carbocycles. The Bertz CT molecular complexity index is 313. The van der Waals surface area contributed by atoms with E-state index in [2.05, 4.69) is 0 Å². The maximum atomic E-state index is 12.7. The van der Waals surface area contributed by atoms with Crippen molar-refractivity contribution in [2.75, 3.05) is 6.61 Å². The molecular weight excluding hydrogens is 178 g/mol. The largest absolute Gasteiger partial charge is 0.508 e. The molecule has 0 aliphatic heterocycles. The lowest BCUT2D eigenvalue weighted by Crippen LogP contribution is -2.00. The highest BCUT2D eigenvalue weighted by Gasteiger charge is 2.13. The molecule has 0 fully saturated rings. The van der Waals surface area contributed by atoms with E-state index in [-0.39, 0.29) is 17.9 Å². The van der Waals surface area contributed by atoms with Crippen LogP contribution in [0.4, 0.5) is 8.78 Å². The molecule has 1 aromatic rings. The summed E-state index contributed by atoms with van der Waals surface area (Å²) in [5.41, 5.74) is 0.210. The number of hydrogen-bond donors (Lipinski definition) is 2. The number of hydrogen-bond acceptors (Lipinski definition) is 2. The van der Waals surface area contributed by atoms with Crippen LogP contribution in [0.1, 0.15) is 18.4 Å². The maximum Gasteiger partial charge on any atom is 0.162 e. The van der Waals surface area contributed by atoms with Crippen LogP contribution in [0, 0.1) is 11.6 Å². The van der Waals surface area contributed by atoms with E-state index in [9.17, 15) is 13.9 Å². The summed E-state index contributed by atoms with van der Waals surface area (Å²) in [5.74, 6) is -2.85. The van der Waals surface area contributed by atoms with Crippen LogP contribution in [0.25, 0.3) is 0 Å². The van der Waals surface area contributed by atoms with E-state index in [4.69, 9.17) is 5.11 Å². The van der Waals surface area contributed by atoms with Gasteiger partial charge in [0.1, 0.15) is 5.75 Å². The summed E-state index contributed by atoms with van der Waals surface area (Å²) in [5, 5.41) is 17.9. The van der Waals surface area contributed by atoms with Gasteiger partial charge in [-0.2, -0.15) is 0 Å². The quantitative estimate of drug-likeness (QED) is 0.742. The van der Waals surface area contributed by atoms with Gasteiger partial charge in [0.15, 0.2) is 11.6 Å². The first-order chi connectivity index (χ1) is 6.06. The van der Waals surface area contributed by atoms with Crippen LogP contribution in [0.3, 0.4) is 0 Å². The average molecular weight is 188 g/mol. The van der Waals surface area contributed by atoms with Crippen LogP contribution >= 0.6 is 0 Å². The number of aliphatic hydroxyl groups is 1. The fraction of sp³-hybridized carbons (Fsp3) is 0.333. The van der Waals surface area contributed by atoms with Gasteiger partial charge in [0.05, 0.1) is 0 Å². The Hall–Kier alpha value is -1.16. The van der Waals surface area contributed by atoms with Crippen molar-refractivity contribution in [1.82, 2.24) is 0 Å². The number of aliphatic hydroxyl groups excluding tert-OH is 1. The molecule has 72 valence electrons. The molecule has 4 heteroatoms. The Labute approximate surface area is 74.4 Å². The first-order valence-corrected chi connectivity index (χ1v) is 3.85. The van der Waals surface area contributed by atoms with Crippen molar-refractivity contribution in [2.45, 2.75) is 12.8 Å². The van der Waals surface area contributed by atoms with E-state index in [1.807, 2.05) is 0 Å². The predicted octanol–water partition coefficient (Wildman–Crippen LogP) is 1.77. The second-order valence-corrected chi connectivity index (χ2v) is 2.91. The summed E-state index contributed by atoms with van der Waals surface area (Å²) in [6.45, 7) is 1.38. The molecule has 0 bridgehead atoms. The van der Waals surface area contributed by atoms with Crippen molar-refractivity contribution in [3.05, 3.63) is 29.3 Å². The van der Waals surface area contributed by atoms with E-state index in [0.717, 1.165) is 6.07 Å². The number of aromatic hydroxyl groups is 1. The standard InChI is InChI=1S/C9H10F2O2/c1-5(4-12)6-2-7(10)8(11)3-9(6)13/h2-3,5,12-13H,4H2,1H3. The molecule has 1 atom stereocenters. The summed E-state index contributed by atoms with van der Waals surface area (Å²) in [6, 6.07) is 1.60. The van der Waals surface area contributed by atoms with Gasteiger partial charge >= 0.3 is 0 Å². The van der Waals surface area contributed by atoms with E-state index in [0.29, 0.717) is 6.07 Å². The smallest absolute Gasteiger partial charge is 0.162 e. The molecule has 1 unspecified atom stereocenters. The van der Waals surface area contributed by atoms with Gasteiger partial charge in [-0.1, -0.05) is 6.92 Å². The Kier molecular flexibility index (Phi) is 2.83. The molecule has 0 radical (unpaired) electrons. The van der Waals surface area contributed by atoms with Crippen molar-refractivity contribution < 1.29 is 19.0 Å². The van der Waals surface area contributed by atoms with Crippen LogP contribution in [-0.4, -0.2) is 16.8 Å². The molecule has 0 heterocycles. The third-order valence-electron chi connectivity index (χ3n) is 1.87. The first-order valence-electron chi connectivity index (χ1n) is 3.85. The minimum Gasteiger partial charge on any atom is -0.508 e. The predicted molar refractivity (Wildman–Crippen MR) is 43.5 cm³/mol. The van der Waals surface area contributed by atoms with Crippen molar-refractivity contribution >= 4 is 0 Å². The Morgan fingerprint density at radius 2 is 1.85 bits per heavy atom. The lowest BCUT2D eigenvalue weighted by atomic mass is 10.0. The second-order valence-electron chi connectivity index (χ2n) is 2.91. The van der Waals surface area contributed by atoms with Gasteiger partial charge < -0.3 is 10.2 Å². The summed E-state index contributed by atoms with van der Waals surface area (Å²) < 4.78 is 25.2. The molecule has 0 saturated carbocycles. The highest BCUT2D eigenvalue weighted by Crippen LogP contribution is 2.27. The van der Waals surface area contributed by atoms with Gasteiger partial charge in [-0.15, -0.1) is 0 Å². The molecule has 0 aromatic heterocycles. The lowest BCUT2D eigenvalue weighted by molar-refractivity contribution is 0.270. The molecule has 0 spiro atoms. The van der Waals surface area contributed by atoms with Crippen molar-refractivity contribution in [3.63, 3.8) is 0 Å². The van der Waals surface area contributed by atoms with Crippen LogP contribution < -0.4 is 0 Å². The number of phenolic OH excluding ortho intramolecular Hbond substituents is 1. The molecule has 0 aliphatic rings. The molecule has 0 amide bonds. The minimum atomic E-state index is -1.09. The second kappa shape index (κ2) is 3.70. The van der Waals surface area contributed by atoms with E-state index < -0.39 is 17.6 Å². The van der Waals surface area contributed by atoms with Gasteiger partial charge in [-0.25, -0.2) is 8.78 Å². The minimum absolute atomic E-state index is 0.210. The monoisotopic (exact) mass is 188 g/mol. The fourth-order valence-electron chi connectivity index (χ4n) is 1.04. The van der Waals surface area contributed by atoms with Crippen LogP contribution in [-0.2, 0) is 0 Å². The fourth-order valence-corrected chi connectivity index (χ4v) is 1.04. The number of benzene rings is 1. The first kappa shape index (κ1) is 9.92. The van der Waals surface area contributed by atoms with Crippen LogP contribution in [0.15, 0.2) is 12.1 Å². The summed E-state index contributed by atoms with van der Waals surface area (Å²) >= 11 is 0. The number of phenols is 1. The van der Waals surface area contributed by atoms with E-state index >= 15 is 0 Å². The SMILES string of the molecule is CC(CO)c1cc(F)c(F)cc1O. The normalized spacial score (nSPS) is 12.9. The molecule has 1 aromatic carbocycles. The zero-order chi connectivity index (χ0) is 10.0. The van der Waals surface area contributed by atoms with Crippen molar-refractivity contribution in [2.24, 2.45) is 0 Å². The Morgan fingerprint density at radius 3 is 2.38 bits per heavy atom. The van der Waals surface area contributed by atoms with Gasteiger partial charge in [-0.05, 0) is 6.07 Å². The third-order valence-corrected chi connectivity index (χ3v) is 1.87. The Morgan fingerprint density at radius 1 is 1.31 bits per heavy atom. The highest BCUT2D eigenvalue weighted by atomic mass is 19.2. The maximum absolute atomic E-state index is 12.7. The molecular formula is C9H10F2O2. The molecule has 2 nitrogen and oxygen atoms in total. The van der Waals surface area contributed by atoms with Crippen LogP contribution in [0.2, 0.25) is 0 Å². The van der Waals surface area contributed by atoms with Crippen molar-refractivity contribution in [3.8, 4) is 5.75 Å². The zero-order valence-corrected chi connectivity index (χ0v) is 7.09. The van der Waals surface area contributed by atoms with Gasteiger partial charge in [0, 0.05) is 24.2 Å². The summed E-state index contributed by atoms with van der Waals surface area (Å²) in [7, 11) is 0. The zero-order valence-electron chi connectivity index (χ0n) is 7.09. The summed E-state index contributed by atoms with van der Waals surface area (Å²) in [6.07, 6.45) is 0. The molecule has 0 saturated heterocycles. The van der Waals surface area contributed by atoms with Gasteiger partial charge in [0.25, 0.3) is 0 Å². The van der Waals surface area contributed by atoms with E-state index in [1.54, 1.807) is 6.92 Å². The molecule has 13 heavy (non-hydrogen) atoms. The lowest BCUT2D eigenvalue weighted by Gasteiger charge is -2.10. The third kappa shape index (κ3) is 1.95. The average Bonchev–Trinajstić information content (AvgIpc) is 2.10. The van der Waals surface area contributed by atoms with E-state index in [1.165, 1.54) is 0 Å². The number of rotatable bonds is 2. The van der Waals surface area contributed by atoms with Gasteiger partial charge in [-0.3, -0.25) is 0 Å². The molecule has 2 N–H and O–H groups in total. The van der Waals surface area contributed by atoms with Gasteiger partial charge in [0.2, 0.25) is 0 Å². The topological polar surface area (TPSA) is 40.5 Å². The number of halogens is 2. The highest BCUT2D eigenvalue weighted by molar-refractivity contribution is 5.35. The summed E-state index contributed by atoms with van der Waals surface area (Å²) in [4.78, 5) is 0. The van der Waals surface area contributed by atoms with Crippen LogP contribution in [0.5, 0.6) is 5.75 Å². The Balaban J connectivity index is 3.15. The van der Waals surface area contributed by atoms with Crippen molar-refractivity contribution in [1.29, 1.82) is 0 Å².